The van der Waals surface area contributed by atoms with Gasteiger partial charge in [-0.2, -0.15) is 0 Å². The Labute approximate surface area is 448 Å². The highest BCUT2D eigenvalue weighted by molar-refractivity contribution is 5.76. The molecule has 0 aliphatic heterocycles. The van der Waals surface area contributed by atoms with Crippen LogP contribution in [0.2, 0.25) is 0 Å². The molecule has 72 heavy (non-hydrogen) atoms. The minimum atomic E-state index is -0.850. The number of esters is 1. The summed E-state index contributed by atoms with van der Waals surface area (Å²) in [5.74, 6) is -0.0784. The van der Waals surface area contributed by atoms with Crippen LogP contribution < -0.4 is 5.32 Å². The molecule has 422 valence electrons. The van der Waals surface area contributed by atoms with Crippen molar-refractivity contribution >= 4 is 11.9 Å². The van der Waals surface area contributed by atoms with Crippen molar-refractivity contribution in [3.8, 4) is 0 Å². The van der Waals surface area contributed by atoms with Gasteiger partial charge in [0.25, 0.3) is 0 Å². The van der Waals surface area contributed by atoms with Crippen molar-refractivity contribution in [1.82, 2.24) is 5.32 Å². The predicted octanol–water partition coefficient (Wildman–Crippen LogP) is 20.1. The number of hydrogen-bond donors (Lipinski definition) is 3. The lowest BCUT2D eigenvalue weighted by molar-refractivity contribution is -0.143. The van der Waals surface area contributed by atoms with Crippen molar-refractivity contribution in [1.29, 1.82) is 0 Å². The Morgan fingerprint density at radius 2 is 0.694 bits per heavy atom. The van der Waals surface area contributed by atoms with E-state index in [1.54, 1.807) is 6.08 Å². The second kappa shape index (κ2) is 61.4. The summed E-state index contributed by atoms with van der Waals surface area (Å²) >= 11 is 0. The van der Waals surface area contributed by atoms with Gasteiger partial charge in [0, 0.05) is 12.8 Å². The van der Waals surface area contributed by atoms with Crippen LogP contribution in [0.3, 0.4) is 0 Å². The van der Waals surface area contributed by atoms with Crippen molar-refractivity contribution < 1.29 is 24.5 Å². The predicted molar refractivity (Wildman–Crippen MR) is 315 cm³/mol. The zero-order valence-corrected chi connectivity index (χ0v) is 48.2. The first kappa shape index (κ1) is 69.8. The van der Waals surface area contributed by atoms with Crippen LogP contribution in [0.15, 0.2) is 48.6 Å². The normalized spacial score (nSPS) is 12.9. The molecule has 6 nitrogen and oxygen atoms in total. The SMILES string of the molecule is CCCCC/C=C\C/C=C\CCCCCCCC(=O)OCCCCCCCCCCCCC/C=C\CCCCCCCCCC(=O)NC(CO)C(O)/C=C/CCCCCCCCCCCCCCCCCC. The molecule has 1 amide bonds. The number of rotatable bonds is 59. The molecule has 0 aromatic heterocycles. The highest BCUT2D eigenvalue weighted by atomic mass is 16.5. The molecule has 6 heteroatoms. The van der Waals surface area contributed by atoms with Gasteiger partial charge in [-0.15, -0.1) is 0 Å². The number of ether oxygens (including phenoxy) is 1. The van der Waals surface area contributed by atoms with E-state index in [9.17, 15) is 19.8 Å². The average Bonchev–Trinajstić information content (AvgIpc) is 3.38. The highest BCUT2D eigenvalue weighted by Gasteiger charge is 2.18. The van der Waals surface area contributed by atoms with Crippen LogP contribution in [-0.4, -0.2) is 47.4 Å². The van der Waals surface area contributed by atoms with Crippen LogP contribution in [0.1, 0.15) is 335 Å². The number of hydrogen-bond acceptors (Lipinski definition) is 5. The Bertz CT molecular complexity index is 1210. The maximum absolute atomic E-state index is 12.5. The van der Waals surface area contributed by atoms with Gasteiger partial charge >= 0.3 is 5.97 Å². The molecule has 0 fully saturated rings. The van der Waals surface area contributed by atoms with E-state index < -0.39 is 12.1 Å². The molecule has 2 unspecified atom stereocenters. The second-order valence-electron chi connectivity index (χ2n) is 21.7. The van der Waals surface area contributed by atoms with Crippen LogP contribution in [0, 0.1) is 0 Å². The minimum Gasteiger partial charge on any atom is -0.466 e. The number of carbonyl (C=O) groups excluding carboxylic acids is 2. The first-order chi connectivity index (χ1) is 35.5. The molecule has 0 radical (unpaired) electrons. The molecule has 0 saturated heterocycles. The lowest BCUT2D eigenvalue weighted by atomic mass is 10.0. The summed E-state index contributed by atoms with van der Waals surface area (Å²) < 4.78 is 5.48. The summed E-state index contributed by atoms with van der Waals surface area (Å²) in [5, 5.41) is 23.2. The molecular formula is C66H123NO5. The summed E-state index contributed by atoms with van der Waals surface area (Å²) in [5.41, 5.74) is 0. The van der Waals surface area contributed by atoms with E-state index in [0.717, 1.165) is 57.8 Å². The second-order valence-corrected chi connectivity index (χ2v) is 21.7. The van der Waals surface area contributed by atoms with Crippen molar-refractivity contribution in [2.24, 2.45) is 0 Å². The maximum atomic E-state index is 12.5. The van der Waals surface area contributed by atoms with Crippen molar-refractivity contribution in [3.63, 3.8) is 0 Å². The molecule has 2 atom stereocenters. The summed E-state index contributed by atoms with van der Waals surface area (Å²) in [4.78, 5) is 24.5. The zero-order chi connectivity index (χ0) is 52.2. The first-order valence-corrected chi connectivity index (χ1v) is 31.9. The molecule has 0 saturated carbocycles. The fourth-order valence-corrected chi connectivity index (χ4v) is 9.66. The Hall–Kier alpha value is -2.18. The molecular weight excluding hydrogens is 887 g/mol. The monoisotopic (exact) mass is 1010 g/mol. The van der Waals surface area contributed by atoms with E-state index >= 15 is 0 Å². The van der Waals surface area contributed by atoms with Gasteiger partial charge in [0.1, 0.15) is 0 Å². The maximum Gasteiger partial charge on any atom is 0.305 e. The third-order valence-corrected chi connectivity index (χ3v) is 14.6. The van der Waals surface area contributed by atoms with Crippen LogP contribution in [-0.2, 0) is 14.3 Å². The average molecular weight is 1010 g/mol. The van der Waals surface area contributed by atoms with Crippen molar-refractivity contribution in [3.05, 3.63) is 48.6 Å². The molecule has 0 rings (SSSR count). The molecule has 0 aromatic carbocycles. The summed E-state index contributed by atoms with van der Waals surface area (Å²) in [6.07, 6.45) is 78.6. The first-order valence-electron chi connectivity index (χ1n) is 31.9. The molecule has 0 aliphatic carbocycles. The van der Waals surface area contributed by atoms with Crippen molar-refractivity contribution in [2.75, 3.05) is 13.2 Å². The van der Waals surface area contributed by atoms with E-state index in [-0.39, 0.29) is 18.5 Å². The summed E-state index contributed by atoms with van der Waals surface area (Å²) in [6, 6.07) is -0.634. The largest absolute Gasteiger partial charge is 0.466 e. The van der Waals surface area contributed by atoms with Crippen LogP contribution in [0.5, 0.6) is 0 Å². The van der Waals surface area contributed by atoms with Gasteiger partial charge in [-0.1, -0.05) is 281 Å². The molecule has 0 bridgehead atoms. The van der Waals surface area contributed by atoms with Gasteiger partial charge in [-0.25, -0.2) is 0 Å². The van der Waals surface area contributed by atoms with Crippen LogP contribution in [0.25, 0.3) is 0 Å². The number of unbranched alkanes of at least 4 members (excludes halogenated alkanes) is 42. The number of aliphatic hydroxyl groups is 2. The quantitative estimate of drug-likeness (QED) is 0.0320. The zero-order valence-electron chi connectivity index (χ0n) is 48.2. The smallest absolute Gasteiger partial charge is 0.305 e. The van der Waals surface area contributed by atoms with Gasteiger partial charge < -0.3 is 20.3 Å². The third-order valence-electron chi connectivity index (χ3n) is 14.6. The lowest BCUT2D eigenvalue weighted by Gasteiger charge is -2.20. The topological polar surface area (TPSA) is 95.9 Å². The van der Waals surface area contributed by atoms with Gasteiger partial charge in [0.05, 0.1) is 25.4 Å². The Morgan fingerprint density at radius 1 is 0.389 bits per heavy atom. The number of amides is 1. The minimum absolute atomic E-state index is 0.00479. The van der Waals surface area contributed by atoms with E-state index in [0.29, 0.717) is 19.4 Å². The van der Waals surface area contributed by atoms with E-state index in [2.05, 4.69) is 55.6 Å². The molecule has 0 aromatic rings. The summed E-state index contributed by atoms with van der Waals surface area (Å²) in [6.45, 7) is 4.88. The summed E-state index contributed by atoms with van der Waals surface area (Å²) in [7, 11) is 0. The fourth-order valence-electron chi connectivity index (χ4n) is 9.66. The van der Waals surface area contributed by atoms with E-state index in [1.807, 2.05) is 6.08 Å². The highest BCUT2D eigenvalue weighted by Crippen LogP contribution is 2.17. The van der Waals surface area contributed by atoms with Gasteiger partial charge in [-0.3, -0.25) is 9.59 Å². The molecule has 0 spiro atoms. The van der Waals surface area contributed by atoms with Gasteiger partial charge in [0.2, 0.25) is 5.91 Å². The van der Waals surface area contributed by atoms with Gasteiger partial charge in [0.15, 0.2) is 0 Å². The van der Waals surface area contributed by atoms with Crippen molar-refractivity contribution in [2.45, 2.75) is 347 Å². The lowest BCUT2D eigenvalue weighted by Crippen LogP contribution is -2.45. The number of aliphatic hydroxyl groups excluding tert-OH is 2. The molecule has 0 heterocycles. The fraction of sp³-hybridized carbons (Fsp3) is 0.848. The van der Waals surface area contributed by atoms with E-state index in [4.69, 9.17) is 4.74 Å². The Kier molecular flexibility index (Phi) is 59.5. The molecule has 3 N–H and O–H groups in total. The van der Waals surface area contributed by atoms with Crippen LogP contribution in [0.4, 0.5) is 0 Å². The Balaban J connectivity index is 3.46. The van der Waals surface area contributed by atoms with E-state index in [1.165, 1.54) is 250 Å². The number of nitrogens with one attached hydrogen (secondary N) is 1. The number of allylic oxidation sites excluding steroid dienone is 7. The Morgan fingerprint density at radius 3 is 1.10 bits per heavy atom. The third kappa shape index (κ3) is 57.1. The van der Waals surface area contributed by atoms with Crippen LogP contribution >= 0.6 is 0 Å². The molecule has 0 aliphatic rings. The van der Waals surface area contributed by atoms with Gasteiger partial charge in [-0.05, 0) is 89.9 Å². The number of carbonyl (C=O) groups is 2. The standard InChI is InChI=1S/C66H123NO5/c1-3-5-7-9-11-13-15-17-19-20-27-31-34-38-42-46-50-54-58-64(69)63(62-68)67-65(70)59-55-51-47-43-39-35-32-28-25-23-21-22-24-26-29-33-37-41-45-49-53-57-61-72-66(71)60-56-52-48-44-40-36-30-18-16-14-12-10-8-6-4-2/h12,14,18,23,25,30,54,58,63-64,68-69H,3-11,13,15-17,19-22,24,26-29,31-53,55-57,59-62H2,1-2H3,(H,67,70)/b14-12-,25-23-,30-18-,58-54+.